The first-order chi connectivity index (χ1) is 2.91. The summed E-state index contributed by atoms with van der Waals surface area (Å²) in [6.07, 6.45) is 0.698. The predicted octanol–water partition coefficient (Wildman–Crippen LogP) is 0.521. The molecule has 0 fully saturated rings. The number of nitrogens with zero attached hydrogens (tertiary/aromatic N) is 1. The molecular weight excluding hydrogens is 134 g/mol. The molecule has 0 aromatic rings. The van der Waals surface area contributed by atoms with Crippen LogP contribution in [-0.2, 0) is 12.4 Å². The maximum Gasteiger partial charge on any atom is 0.0542 e. The summed E-state index contributed by atoms with van der Waals surface area (Å²) in [5.74, 6) is 0. The molecule has 0 aromatic heterocycles. The van der Waals surface area contributed by atoms with Crippen molar-refractivity contribution in [3.63, 3.8) is 0 Å². The van der Waals surface area contributed by atoms with E-state index < -0.39 is 0 Å². The van der Waals surface area contributed by atoms with Gasteiger partial charge in [-0.25, -0.2) is 4.36 Å². The zero-order chi connectivity index (χ0) is 4.83. The highest BCUT2D eigenvalue weighted by atomic mass is 35.5. The monoisotopic (exact) mass is 141 g/mol. The standard InChI is InChI=1S/C3H7NOS.ClH/c5-3-1-2-4-6;/h5H,1-3H2;1H. The van der Waals surface area contributed by atoms with E-state index in [-0.39, 0.29) is 19.0 Å². The largest absolute Gasteiger partial charge is 0.396 e. The van der Waals surface area contributed by atoms with Crippen LogP contribution in [0.3, 0.4) is 0 Å². The van der Waals surface area contributed by atoms with E-state index in [9.17, 15) is 0 Å². The molecule has 7 heavy (non-hydrogen) atoms. The van der Waals surface area contributed by atoms with E-state index in [2.05, 4.69) is 16.8 Å². The molecule has 0 amide bonds. The van der Waals surface area contributed by atoms with Crippen molar-refractivity contribution in [2.75, 3.05) is 13.2 Å². The fraction of sp³-hybridized carbons (Fsp3) is 1.00. The first-order valence-electron chi connectivity index (χ1n) is 1.82. The van der Waals surface area contributed by atoms with Gasteiger partial charge in [-0.2, -0.15) is 0 Å². The molecule has 0 heterocycles. The lowest BCUT2D eigenvalue weighted by Gasteiger charge is -1.80. The van der Waals surface area contributed by atoms with E-state index in [4.69, 9.17) is 5.11 Å². The highest BCUT2D eigenvalue weighted by molar-refractivity contribution is 7.47. The number of hydrogen-bond donors (Lipinski definition) is 1. The van der Waals surface area contributed by atoms with E-state index in [1.54, 1.807) is 0 Å². The zero-order valence-corrected chi connectivity index (χ0v) is 5.47. The molecule has 0 rings (SSSR count). The second kappa shape index (κ2) is 9.55. The van der Waals surface area contributed by atoms with Gasteiger partial charge in [0.1, 0.15) is 0 Å². The summed E-state index contributed by atoms with van der Waals surface area (Å²) < 4.78 is 3.35. The molecule has 0 spiro atoms. The molecule has 4 heteroatoms. The van der Waals surface area contributed by atoms with E-state index in [1.807, 2.05) is 0 Å². The number of rotatable bonds is 3. The molecule has 0 bridgehead atoms. The molecular formula is C3H8ClNOS. The van der Waals surface area contributed by atoms with Gasteiger partial charge in [-0.15, -0.1) is 12.4 Å². The average Bonchev–Trinajstić information content (AvgIpc) is 1.61. The number of halogens is 1. The highest BCUT2D eigenvalue weighted by Crippen LogP contribution is 1.73. The summed E-state index contributed by atoms with van der Waals surface area (Å²) in [7, 11) is 0. The second-order valence-corrected chi connectivity index (χ2v) is 1.19. The summed E-state index contributed by atoms with van der Waals surface area (Å²) in [6.45, 7) is 0.798. The lowest BCUT2D eigenvalue weighted by Crippen LogP contribution is -1.83. The third-order valence-corrected chi connectivity index (χ3v) is 0.590. The van der Waals surface area contributed by atoms with Crippen LogP contribution in [0.5, 0.6) is 0 Å². The number of hydrogen-bond acceptors (Lipinski definition) is 3. The Hall–Kier alpha value is 0.270. The van der Waals surface area contributed by atoms with Crippen LogP contribution in [0, 0.1) is 0 Å². The van der Waals surface area contributed by atoms with Crippen molar-refractivity contribution in [2.45, 2.75) is 6.42 Å². The van der Waals surface area contributed by atoms with Crippen LogP contribution in [0.4, 0.5) is 0 Å². The summed E-state index contributed by atoms with van der Waals surface area (Å²) in [6, 6.07) is 0. The minimum Gasteiger partial charge on any atom is -0.396 e. The lowest BCUT2D eigenvalue weighted by atomic mass is 10.5. The van der Waals surface area contributed by atoms with Crippen molar-refractivity contribution in [2.24, 2.45) is 4.36 Å². The fourth-order valence-corrected chi connectivity index (χ4v) is 0.264. The predicted molar refractivity (Wildman–Crippen MR) is 33.6 cm³/mol. The van der Waals surface area contributed by atoms with Crippen LogP contribution >= 0.6 is 12.4 Å². The van der Waals surface area contributed by atoms with Crippen LogP contribution in [0.15, 0.2) is 4.36 Å². The summed E-state index contributed by atoms with van der Waals surface area (Å²) >= 11 is 4.23. The molecule has 0 radical (unpaired) electrons. The molecule has 0 aliphatic heterocycles. The normalized spacial score (nSPS) is 7.00. The Morgan fingerprint density at radius 2 is 2.14 bits per heavy atom. The van der Waals surface area contributed by atoms with Gasteiger partial charge in [0.15, 0.2) is 0 Å². The van der Waals surface area contributed by atoms with Gasteiger partial charge in [0.05, 0.1) is 6.54 Å². The molecule has 0 saturated carbocycles. The Morgan fingerprint density at radius 1 is 1.57 bits per heavy atom. The van der Waals surface area contributed by atoms with Crippen molar-refractivity contribution < 1.29 is 5.11 Å². The third kappa shape index (κ3) is 10.7. The van der Waals surface area contributed by atoms with Crippen molar-refractivity contribution >= 4 is 24.8 Å². The smallest absolute Gasteiger partial charge is 0.0542 e. The van der Waals surface area contributed by atoms with Crippen LogP contribution < -0.4 is 0 Å². The average molecular weight is 142 g/mol. The van der Waals surface area contributed by atoms with Gasteiger partial charge < -0.3 is 5.11 Å². The SMILES string of the molecule is Cl.OCCCN=S. The summed E-state index contributed by atoms with van der Waals surface area (Å²) in [4.78, 5) is 0. The van der Waals surface area contributed by atoms with Crippen LogP contribution in [0.2, 0.25) is 0 Å². The zero-order valence-electron chi connectivity index (χ0n) is 3.83. The molecule has 0 saturated heterocycles. The molecule has 0 aliphatic carbocycles. The van der Waals surface area contributed by atoms with Gasteiger partial charge in [0.2, 0.25) is 0 Å². The Kier molecular flexibility index (Phi) is 14.0. The van der Waals surface area contributed by atoms with E-state index in [0.29, 0.717) is 13.0 Å². The Balaban J connectivity index is 0. The van der Waals surface area contributed by atoms with Gasteiger partial charge in [-0.3, -0.25) is 0 Å². The summed E-state index contributed by atoms with van der Waals surface area (Å²) in [5, 5.41) is 8.09. The van der Waals surface area contributed by atoms with E-state index in [1.165, 1.54) is 0 Å². The fourth-order valence-electron chi connectivity index (χ4n) is 0.135. The highest BCUT2D eigenvalue weighted by Gasteiger charge is 1.74. The number of aliphatic hydroxyl groups is 1. The second-order valence-electron chi connectivity index (χ2n) is 0.930. The van der Waals surface area contributed by atoms with Crippen molar-refractivity contribution in [3.05, 3.63) is 0 Å². The van der Waals surface area contributed by atoms with E-state index in [0.717, 1.165) is 0 Å². The van der Waals surface area contributed by atoms with E-state index >= 15 is 0 Å². The Bertz CT molecular complexity index is 43.9. The summed E-state index contributed by atoms with van der Waals surface area (Å²) in [5.41, 5.74) is 0. The van der Waals surface area contributed by atoms with Gasteiger partial charge >= 0.3 is 0 Å². The molecule has 44 valence electrons. The molecule has 0 unspecified atom stereocenters. The van der Waals surface area contributed by atoms with Crippen molar-refractivity contribution in [3.8, 4) is 0 Å². The molecule has 1 N–H and O–H groups in total. The third-order valence-electron chi connectivity index (χ3n) is 0.408. The topological polar surface area (TPSA) is 32.6 Å². The minimum absolute atomic E-state index is 0. The maximum atomic E-state index is 8.09. The lowest BCUT2D eigenvalue weighted by molar-refractivity contribution is 0.291. The quantitative estimate of drug-likeness (QED) is 0.582. The molecule has 0 atom stereocenters. The van der Waals surface area contributed by atoms with Crippen molar-refractivity contribution in [1.82, 2.24) is 0 Å². The number of aliphatic hydroxyl groups excluding tert-OH is 1. The molecule has 0 aliphatic rings. The van der Waals surface area contributed by atoms with Gasteiger partial charge in [-0.05, 0) is 6.42 Å². The Labute approximate surface area is 54.5 Å². The van der Waals surface area contributed by atoms with Gasteiger partial charge in [0.25, 0.3) is 0 Å². The van der Waals surface area contributed by atoms with Crippen LogP contribution in [0.1, 0.15) is 6.42 Å². The van der Waals surface area contributed by atoms with Gasteiger partial charge in [0, 0.05) is 19.0 Å². The first-order valence-corrected chi connectivity index (χ1v) is 2.18. The van der Waals surface area contributed by atoms with Crippen molar-refractivity contribution in [1.29, 1.82) is 0 Å². The first kappa shape index (κ1) is 10.3. The van der Waals surface area contributed by atoms with Crippen LogP contribution in [-0.4, -0.2) is 18.3 Å². The molecule has 2 nitrogen and oxygen atoms in total. The van der Waals surface area contributed by atoms with Crippen LogP contribution in [0.25, 0.3) is 0 Å². The minimum atomic E-state index is 0. The Morgan fingerprint density at radius 3 is 2.29 bits per heavy atom. The molecule has 0 aromatic carbocycles. The maximum absolute atomic E-state index is 8.09. The van der Waals surface area contributed by atoms with Gasteiger partial charge in [-0.1, -0.05) is 0 Å².